The largest absolute Gasteiger partial charge is 0.495 e. The molecule has 2 fully saturated rings. The van der Waals surface area contributed by atoms with Gasteiger partial charge in [0.1, 0.15) is 11.4 Å². The number of anilines is 2. The number of hydrogen-bond acceptors (Lipinski definition) is 8. The number of piperidine rings is 2. The lowest BCUT2D eigenvalue weighted by atomic mass is 9.72. The molecule has 0 spiro atoms. The lowest BCUT2D eigenvalue weighted by Gasteiger charge is -2.58. The molecule has 40 heavy (non-hydrogen) atoms. The van der Waals surface area contributed by atoms with Gasteiger partial charge >= 0.3 is 6.09 Å². The van der Waals surface area contributed by atoms with E-state index in [0.29, 0.717) is 34.9 Å². The van der Waals surface area contributed by atoms with Crippen LogP contribution >= 0.6 is 0 Å². The van der Waals surface area contributed by atoms with Gasteiger partial charge in [0.05, 0.1) is 31.6 Å². The van der Waals surface area contributed by atoms with E-state index in [9.17, 15) is 14.7 Å². The van der Waals surface area contributed by atoms with Crippen LogP contribution < -0.4 is 24.0 Å². The summed E-state index contributed by atoms with van der Waals surface area (Å²) in [5.41, 5.74) is -1.01. The van der Waals surface area contributed by atoms with E-state index >= 15 is 0 Å². The monoisotopic (exact) mass is 551 g/mol. The Morgan fingerprint density at radius 1 is 1.02 bits per heavy atom. The molecule has 1 unspecified atom stereocenters. The lowest BCUT2D eigenvalue weighted by molar-refractivity contribution is -0.205. The number of para-hydroxylation sites is 1. The van der Waals surface area contributed by atoms with Crippen molar-refractivity contribution < 1.29 is 33.6 Å². The maximum absolute atomic E-state index is 13.9. The Bertz CT molecular complexity index is 1390. The van der Waals surface area contributed by atoms with Crippen LogP contribution in [0.25, 0.3) is 0 Å². The third-order valence-corrected chi connectivity index (χ3v) is 8.61. The molecule has 214 valence electrons. The highest BCUT2D eigenvalue weighted by Crippen LogP contribution is 2.62. The summed E-state index contributed by atoms with van der Waals surface area (Å²) in [6.07, 6.45) is 0.938. The number of amides is 2. The number of benzene rings is 2. The molecule has 2 aromatic carbocycles. The summed E-state index contributed by atoms with van der Waals surface area (Å²) in [5.74, 6) is 1.14. The van der Waals surface area contributed by atoms with Gasteiger partial charge in [0.15, 0.2) is 17.1 Å². The highest BCUT2D eigenvalue weighted by atomic mass is 16.6. The number of carbonyl (C=O) groups excluding carboxylic acids is 2. The molecule has 0 aliphatic carbocycles. The summed E-state index contributed by atoms with van der Waals surface area (Å²) in [6, 6.07) is 8.48. The number of likely N-dealkylation sites (N-methyl/N-ethyl adjacent to an activating group) is 1. The molecule has 0 bridgehead atoms. The highest BCUT2D eigenvalue weighted by Gasteiger charge is 2.74. The molecular formula is C30H37N3O7. The maximum Gasteiger partial charge on any atom is 0.410 e. The minimum atomic E-state index is -1.69. The lowest BCUT2D eigenvalue weighted by Crippen LogP contribution is -2.78. The van der Waals surface area contributed by atoms with Gasteiger partial charge < -0.3 is 29.0 Å². The zero-order valence-corrected chi connectivity index (χ0v) is 23.9. The second kappa shape index (κ2) is 8.92. The Balaban J connectivity index is 1.58. The van der Waals surface area contributed by atoms with Crippen molar-refractivity contribution in [3.05, 3.63) is 41.5 Å². The quantitative estimate of drug-likeness (QED) is 0.613. The average Bonchev–Trinajstić information content (AvgIpc) is 3.39. The van der Waals surface area contributed by atoms with Crippen LogP contribution in [0.2, 0.25) is 0 Å². The second-order valence-corrected chi connectivity index (χ2v) is 12.0. The Morgan fingerprint density at radius 3 is 2.50 bits per heavy atom. The predicted molar refractivity (Wildman–Crippen MR) is 148 cm³/mol. The third kappa shape index (κ3) is 3.51. The van der Waals surface area contributed by atoms with Crippen molar-refractivity contribution >= 4 is 23.4 Å². The number of ether oxygens (including phenoxy) is 4. The molecule has 4 aliphatic rings. The SMILES string of the molecule is COc1cccc2c1N1C(=O)CCC3N(C(=O)OC(C)(C)C)CC[C@]2(O)[C@]31Oc1ccc2c(c1OC)N(C)CC2. The van der Waals surface area contributed by atoms with E-state index in [-0.39, 0.29) is 25.3 Å². The van der Waals surface area contributed by atoms with E-state index < -0.39 is 29.1 Å². The Hall–Kier alpha value is -3.66. The van der Waals surface area contributed by atoms with Crippen LogP contribution in [-0.4, -0.2) is 73.7 Å². The van der Waals surface area contributed by atoms with Crippen molar-refractivity contribution in [2.45, 2.75) is 69.4 Å². The average molecular weight is 552 g/mol. The van der Waals surface area contributed by atoms with Gasteiger partial charge in [0.25, 0.3) is 0 Å². The maximum atomic E-state index is 13.9. The summed E-state index contributed by atoms with van der Waals surface area (Å²) in [7, 11) is 5.12. The molecule has 6 rings (SSSR count). The number of hydrogen-bond donors (Lipinski definition) is 1. The molecule has 0 saturated carbocycles. The summed E-state index contributed by atoms with van der Waals surface area (Å²) in [4.78, 5) is 32.7. The second-order valence-electron chi connectivity index (χ2n) is 12.0. The number of nitrogens with zero attached hydrogens (tertiary/aromatic N) is 3. The normalized spacial score (nSPS) is 26.7. The molecule has 2 amide bonds. The molecule has 10 nitrogen and oxygen atoms in total. The standard InChI is InChI=1S/C30H37N3O7/c1-28(2,3)40-27(35)32-17-15-29(36)19-8-7-9-20(37-5)25(19)33-23(34)13-12-22(32)30(29,33)39-21-11-10-18-14-16-31(4)24(18)26(21)38-6/h7-11,22,36H,12-17H2,1-6H3/t22?,29-,30-/m1/s1. The molecule has 2 saturated heterocycles. The number of fused-ring (bicyclic) bond motifs is 4. The van der Waals surface area contributed by atoms with Crippen molar-refractivity contribution in [1.29, 1.82) is 0 Å². The topological polar surface area (TPSA) is 101 Å². The fourth-order valence-electron chi connectivity index (χ4n) is 7.01. The first-order valence-electron chi connectivity index (χ1n) is 13.8. The van der Waals surface area contributed by atoms with Gasteiger partial charge in [-0.15, -0.1) is 0 Å². The van der Waals surface area contributed by atoms with Crippen molar-refractivity contribution in [1.82, 2.24) is 4.90 Å². The van der Waals surface area contributed by atoms with Gasteiger partial charge in [-0.3, -0.25) is 14.6 Å². The van der Waals surface area contributed by atoms with Crippen LogP contribution in [0, 0.1) is 0 Å². The van der Waals surface area contributed by atoms with Gasteiger partial charge in [-0.25, -0.2) is 4.79 Å². The van der Waals surface area contributed by atoms with Crippen molar-refractivity contribution in [3.8, 4) is 17.2 Å². The minimum absolute atomic E-state index is 0.125. The summed E-state index contributed by atoms with van der Waals surface area (Å²) < 4.78 is 24.4. The summed E-state index contributed by atoms with van der Waals surface area (Å²) in [5, 5.41) is 12.8. The predicted octanol–water partition coefficient (Wildman–Crippen LogP) is 3.81. The van der Waals surface area contributed by atoms with Gasteiger partial charge in [-0.2, -0.15) is 0 Å². The first kappa shape index (κ1) is 26.6. The molecule has 3 atom stereocenters. The van der Waals surface area contributed by atoms with E-state index in [1.807, 2.05) is 46.0 Å². The van der Waals surface area contributed by atoms with Gasteiger partial charge in [-0.05, 0) is 51.3 Å². The van der Waals surface area contributed by atoms with Crippen LogP contribution in [-0.2, 0) is 21.6 Å². The third-order valence-electron chi connectivity index (χ3n) is 8.61. The Labute approximate surface area is 234 Å². The van der Waals surface area contributed by atoms with Crippen LogP contribution in [0.4, 0.5) is 16.2 Å². The Morgan fingerprint density at radius 2 is 1.80 bits per heavy atom. The molecule has 0 radical (unpaired) electrons. The smallest absolute Gasteiger partial charge is 0.410 e. The van der Waals surface area contributed by atoms with E-state index in [4.69, 9.17) is 18.9 Å². The van der Waals surface area contributed by atoms with Crippen molar-refractivity contribution in [3.63, 3.8) is 0 Å². The van der Waals surface area contributed by atoms with Crippen LogP contribution in [0.5, 0.6) is 17.2 Å². The molecule has 0 aromatic heterocycles. The highest BCUT2D eigenvalue weighted by molar-refractivity contribution is 6.01. The zero-order valence-electron chi connectivity index (χ0n) is 23.9. The van der Waals surface area contributed by atoms with Gasteiger partial charge in [-0.1, -0.05) is 18.2 Å². The fourth-order valence-corrected chi connectivity index (χ4v) is 7.01. The number of rotatable bonds is 4. The Kier molecular flexibility index (Phi) is 5.92. The molecule has 10 heteroatoms. The summed E-state index contributed by atoms with van der Waals surface area (Å²) in [6.45, 7) is 6.51. The number of aliphatic hydroxyl groups is 1. The first-order chi connectivity index (χ1) is 19.0. The molecule has 4 heterocycles. The molecule has 4 aliphatic heterocycles. The molecule has 2 aromatic rings. The number of likely N-dealkylation sites (tertiary alicyclic amines) is 1. The van der Waals surface area contributed by atoms with Gasteiger partial charge in [0, 0.05) is 38.5 Å². The van der Waals surface area contributed by atoms with Gasteiger partial charge in [0.2, 0.25) is 11.6 Å². The first-order valence-corrected chi connectivity index (χ1v) is 13.8. The van der Waals surface area contributed by atoms with E-state index in [1.165, 1.54) is 12.0 Å². The number of methoxy groups -OCH3 is 2. The van der Waals surface area contributed by atoms with E-state index in [0.717, 1.165) is 24.2 Å². The number of carbonyl (C=O) groups is 2. The van der Waals surface area contributed by atoms with Crippen LogP contribution in [0.15, 0.2) is 30.3 Å². The van der Waals surface area contributed by atoms with E-state index in [2.05, 4.69) is 4.90 Å². The van der Waals surface area contributed by atoms with Crippen molar-refractivity contribution in [2.24, 2.45) is 0 Å². The van der Waals surface area contributed by atoms with E-state index in [1.54, 1.807) is 24.1 Å². The van der Waals surface area contributed by atoms with Crippen LogP contribution in [0.3, 0.4) is 0 Å². The summed E-state index contributed by atoms with van der Waals surface area (Å²) >= 11 is 0. The molecular weight excluding hydrogens is 514 g/mol. The van der Waals surface area contributed by atoms with Crippen LogP contribution in [0.1, 0.15) is 51.2 Å². The fraction of sp³-hybridized carbons (Fsp3) is 0.533. The zero-order chi connectivity index (χ0) is 28.6. The van der Waals surface area contributed by atoms with Crippen molar-refractivity contribution in [2.75, 3.05) is 44.2 Å². The molecule has 1 N–H and O–H groups in total. The minimum Gasteiger partial charge on any atom is -0.495 e.